The molecule has 0 saturated carbocycles. The molecule has 0 aliphatic carbocycles. The van der Waals surface area contributed by atoms with Crippen LogP contribution >= 0.6 is 0 Å². The Balaban J connectivity index is 2.32. The van der Waals surface area contributed by atoms with Crippen LogP contribution in [0.25, 0.3) is 0 Å². The van der Waals surface area contributed by atoms with Gasteiger partial charge in [0, 0.05) is 18.7 Å². The van der Waals surface area contributed by atoms with Crippen molar-refractivity contribution in [3.8, 4) is 0 Å². The molecular formula is C10H21NO. The summed E-state index contributed by atoms with van der Waals surface area (Å²) in [5.41, 5.74) is 0. The smallest absolute Gasteiger partial charge is 0.0510 e. The summed E-state index contributed by atoms with van der Waals surface area (Å²) in [5.74, 6) is 0.748. The zero-order valence-electron chi connectivity index (χ0n) is 8.47. The maximum Gasteiger partial charge on any atom is 0.0510 e. The highest BCUT2D eigenvalue weighted by Gasteiger charge is 2.24. The van der Waals surface area contributed by atoms with E-state index in [4.69, 9.17) is 4.74 Å². The summed E-state index contributed by atoms with van der Waals surface area (Å²) >= 11 is 0. The fraction of sp³-hybridized carbons (Fsp3) is 1.00. The van der Waals surface area contributed by atoms with Crippen LogP contribution in [-0.2, 0) is 4.74 Å². The lowest BCUT2D eigenvalue weighted by atomic mass is 9.96. The highest BCUT2D eigenvalue weighted by Crippen LogP contribution is 2.18. The van der Waals surface area contributed by atoms with E-state index in [-0.39, 0.29) is 0 Å². The molecule has 0 aromatic heterocycles. The van der Waals surface area contributed by atoms with Crippen LogP contribution in [0.4, 0.5) is 0 Å². The second-order valence-corrected chi connectivity index (χ2v) is 3.96. The Kier molecular flexibility index (Phi) is 4.02. The molecule has 1 aliphatic rings. The van der Waals surface area contributed by atoms with Crippen molar-refractivity contribution < 1.29 is 4.74 Å². The number of nitrogens with one attached hydrogen (secondary N) is 1. The van der Waals surface area contributed by atoms with E-state index in [0.29, 0.717) is 12.1 Å². The van der Waals surface area contributed by atoms with Gasteiger partial charge in [-0.05, 0) is 18.8 Å². The van der Waals surface area contributed by atoms with Crippen molar-refractivity contribution >= 4 is 0 Å². The largest absolute Gasteiger partial charge is 0.381 e. The fourth-order valence-corrected chi connectivity index (χ4v) is 1.89. The van der Waals surface area contributed by atoms with E-state index in [9.17, 15) is 0 Å². The molecule has 0 aromatic carbocycles. The molecule has 1 saturated heterocycles. The lowest BCUT2D eigenvalue weighted by Gasteiger charge is -2.24. The van der Waals surface area contributed by atoms with Crippen LogP contribution in [0, 0.1) is 5.92 Å². The Morgan fingerprint density at radius 2 is 2.25 bits per heavy atom. The second kappa shape index (κ2) is 4.83. The van der Waals surface area contributed by atoms with Crippen LogP contribution in [0.15, 0.2) is 0 Å². The van der Waals surface area contributed by atoms with Gasteiger partial charge in [0.1, 0.15) is 0 Å². The van der Waals surface area contributed by atoms with Gasteiger partial charge in [0.25, 0.3) is 0 Å². The first-order valence-corrected chi connectivity index (χ1v) is 5.07. The lowest BCUT2D eigenvalue weighted by molar-refractivity contribution is 0.174. The quantitative estimate of drug-likeness (QED) is 0.696. The third-order valence-corrected chi connectivity index (χ3v) is 2.52. The summed E-state index contributed by atoms with van der Waals surface area (Å²) in [4.78, 5) is 0. The molecule has 1 fully saturated rings. The molecule has 1 aliphatic heterocycles. The third kappa shape index (κ3) is 2.76. The van der Waals surface area contributed by atoms with Crippen LogP contribution in [0.1, 0.15) is 33.6 Å². The van der Waals surface area contributed by atoms with Gasteiger partial charge in [0.05, 0.1) is 6.61 Å². The molecule has 1 rings (SSSR count). The Morgan fingerprint density at radius 1 is 1.50 bits per heavy atom. The molecule has 1 N–H and O–H groups in total. The van der Waals surface area contributed by atoms with Crippen LogP contribution in [0.5, 0.6) is 0 Å². The number of rotatable bonds is 4. The van der Waals surface area contributed by atoms with Gasteiger partial charge in [-0.2, -0.15) is 0 Å². The molecule has 0 bridgehead atoms. The summed E-state index contributed by atoms with van der Waals surface area (Å²) in [5, 5.41) is 3.59. The molecular weight excluding hydrogens is 150 g/mol. The first kappa shape index (κ1) is 10.0. The first-order valence-electron chi connectivity index (χ1n) is 5.07. The molecule has 0 aromatic rings. The molecule has 0 amide bonds. The minimum atomic E-state index is 0.593. The molecule has 1 heterocycles. The zero-order valence-corrected chi connectivity index (χ0v) is 8.47. The van der Waals surface area contributed by atoms with E-state index >= 15 is 0 Å². The predicted molar refractivity (Wildman–Crippen MR) is 51.3 cm³/mol. The highest BCUT2D eigenvalue weighted by atomic mass is 16.5. The van der Waals surface area contributed by atoms with Crippen molar-refractivity contribution in [2.75, 3.05) is 13.2 Å². The van der Waals surface area contributed by atoms with Crippen molar-refractivity contribution in [2.45, 2.75) is 45.7 Å². The Labute approximate surface area is 75.7 Å². The van der Waals surface area contributed by atoms with Gasteiger partial charge in [-0.3, -0.25) is 0 Å². The van der Waals surface area contributed by atoms with E-state index in [1.807, 2.05) is 0 Å². The van der Waals surface area contributed by atoms with Gasteiger partial charge in [0.15, 0.2) is 0 Å². The van der Waals surface area contributed by atoms with Gasteiger partial charge in [-0.1, -0.05) is 20.8 Å². The minimum Gasteiger partial charge on any atom is -0.381 e. The minimum absolute atomic E-state index is 0.593. The van der Waals surface area contributed by atoms with E-state index in [2.05, 4.69) is 26.1 Å². The fourth-order valence-electron chi connectivity index (χ4n) is 1.89. The van der Waals surface area contributed by atoms with Crippen LogP contribution in [-0.4, -0.2) is 25.3 Å². The van der Waals surface area contributed by atoms with Crippen molar-refractivity contribution in [1.29, 1.82) is 0 Å². The van der Waals surface area contributed by atoms with Gasteiger partial charge < -0.3 is 10.1 Å². The molecule has 2 heteroatoms. The topological polar surface area (TPSA) is 21.3 Å². The Hall–Kier alpha value is -0.0800. The second-order valence-electron chi connectivity index (χ2n) is 3.96. The average Bonchev–Trinajstić information content (AvgIpc) is 2.51. The van der Waals surface area contributed by atoms with Gasteiger partial charge in [0.2, 0.25) is 0 Å². The van der Waals surface area contributed by atoms with Crippen molar-refractivity contribution in [2.24, 2.45) is 5.92 Å². The Bertz CT molecular complexity index is 119. The molecule has 2 unspecified atom stereocenters. The monoisotopic (exact) mass is 171 g/mol. The first-order chi connectivity index (χ1) is 5.74. The standard InChI is InChI=1S/C10H21NO/c1-4-10(11-8(2)3)9-5-6-12-7-9/h8-11H,4-7H2,1-3H3. The van der Waals surface area contributed by atoms with Gasteiger partial charge >= 0.3 is 0 Å². The predicted octanol–water partition coefficient (Wildman–Crippen LogP) is 1.80. The highest BCUT2D eigenvalue weighted by molar-refractivity contribution is 4.79. The molecule has 12 heavy (non-hydrogen) atoms. The normalized spacial score (nSPS) is 26.5. The lowest BCUT2D eigenvalue weighted by Crippen LogP contribution is -2.40. The molecule has 72 valence electrons. The molecule has 2 nitrogen and oxygen atoms in total. The maximum absolute atomic E-state index is 5.38. The summed E-state index contributed by atoms with van der Waals surface area (Å²) in [7, 11) is 0. The number of hydrogen-bond donors (Lipinski definition) is 1. The Morgan fingerprint density at radius 3 is 2.67 bits per heavy atom. The molecule has 2 atom stereocenters. The van der Waals surface area contributed by atoms with Gasteiger partial charge in [-0.25, -0.2) is 0 Å². The SMILES string of the molecule is CCC(NC(C)C)C1CCOC1. The van der Waals surface area contributed by atoms with E-state index < -0.39 is 0 Å². The molecule has 0 radical (unpaired) electrons. The third-order valence-electron chi connectivity index (χ3n) is 2.52. The van der Waals surface area contributed by atoms with Crippen molar-refractivity contribution in [3.05, 3.63) is 0 Å². The van der Waals surface area contributed by atoms with E-state index in [1.54, 1.807) is 0 Å². The van der Waals surface area contributed by atoms with Gasteiger partial charge in [-0.15, -0.1) is 0 Å². The summed E-state index contributed by atoms with van der Waals surface area (Å²) in [6.45, 7) is 8.58. The maximum atomic E-state index is 5.38. The van der Waals surface area contributed by atoms with E-state index in [0.717, 1.165) is 19.1 Å². The van der Waals surface area contributed by atoms with Crippen LogP contribution < -0.4 is 5.32 Å². The van der Waals surface area contributed by atoms with Crippen molar-refractivity contribution in [1.82, 2.24) is 5.32 Å². The summed E-state index contributed by atoms with van der Waals surface area (Å²) in [6, 6.07) is 1.25. The molecule has 0 spiro atoms. The number of hydrogen-bond acceptors (Lipinski definition) is 2. The number of ether oxygens (including phenoxy) is 1. The average molecular weight is 171 g/mol. The van der Waals surface area contributed by atoms with Crippen molar-refractivity contribution in [3.63, 3.8) is 0 Å². The van der Waals surface area contributed by atoms with Crippen LogP contribution in [0.2, 0.25) is 0 Å². The van der Waals surface area contributed by atoms with E-state index in [1.165, 1.54) is 12.8 Å². The zero-order chi connectivity index (χ0) is 8.97. The summed E-state index contributed by atoms with van der Waals surface area (Å²) < 4.78 is 5.38. The van der Waals surface area contributed by atoms with Crippen LogP contribution in [0.3, 0.4) is 0 Å². The summed E-state index contributed by atoms with van der Waals surface area (Å²) in [6.07, 6.45) is 2.45.